The fraction of sp³-hybridized carbons (Fsp3) is 0.593. The van der Waals surface area contributed by atoms with E-state index < -0.39 is 41.2 Å². The van der Waals surface area contributed by atoms with Gasteiger partial charge in [0.2, 0.25) is 11.8 Å². The predicted molar refractivity (Wildman–Crippen MR) is 146 cm³/mol. The van der Waals surface area contributed by atoms with Crippen LogP contribution in [0.25, 0.3) is 0 Å². The molecule has 1 aromatic rings. The Morgan fingerprint density at radius 3 is 2.31 bits per heavy atom. The van der Waals surface area contributed by atoms with Crippen LogP contribution in [0.2, 0.25) is 0 Å². The number of hydrogen-bond donors (Lipinski definition) is 2. The summed E-state index contributed by atoms with van der Waals surface area (Å²) in [6.45, 7) is 9.09. The molecule has 1 aliphatic heterocycles. The highest BCUT2D eigenvalue weighted by molar-refractivity contribution is 8.14. The number of benzene rings is 1. The highest BCUT2D eigenvalue weighted by Crippen LogP contribution is 2.21. The van der Waals surface area contributed by atoms with Crippen LogP contribution in [-0.4, -0.2) is 90.1 Å². The topological polar surface area (TPSA) is 140 Å². The standard InChI is InChI=1S/C27H39N3O8S/c1-18(2)23(39-19(3)31)24(33)29-27(4,5)26(35)28-21(16-37-15-20-9-7-6-8-10-20)25(34)38-17-22(32)30-11-13-36-14-12-30/h6-10,18,21,23H,11-17H2,1-5H3,(H,28,35)(H,29,33)/t21-,23-/m0/s1. The molecule has 0 radical (unpaired) electrons. The molecular weight excluding hydrogens is 526 g/mol. The molecule has 12 heteroatoms. The lowest BCUT2D eigenvalue weighted by Gasteiger charge is -2.30. The van der Waals surface area contributed by atoms with Crippen molar-refractivity contribution >= 4 is 40.6 Å². The van der Waals surface area contributed by atoms with E-state index in [4.69, 9.17) is 14.2 Å². The van der Waals surface area contributed by atoms with E-state index in [9.17, 15) is 24.0 Å². The molecule has 39 heavy (non-hydrogen) atoms. The number of nitrogens with zero attached hydrogens (tertiary/aromatic N) is 1. The van der Waals surface area contributed by atoms with Crippen molar-refractivity contribution in [3.05, 3.63) is 35.9 Å². The zero-order chi connectivity index (χ0) is 29.0. The molecule has 216 valence electrons. The largest absolute Gasteiger partial charge is 0.454 e. The second kappa shape index (κ2) is 15.6. The van der Waals surface area contributed by atoms with Gasteiger partial charge in [0.15, 0.2) is 17.8 Å². The van der Waals surface area contributed by atoms with Crippen LogP contribution in [0.5, 0.6) is 0 Å². The van der Waals surface area contributed by atoms with Crippen molar-refractivity contribution in [3.8, 4) is 0 Å². The summed E-state index contributed by atoms with van der Waals surface area (Å²) in [5.41, 5.74) is -0.558. The number of carbonyl (C=O) groups excluding carboxylic acids is 5. The minimum Gasteiger partial charge on any atom is -0.454 e. The Morgan fingerprint density at radius 2 is 1.72 bits per heavy atom. The van der Waals surface area contributed by atoms with E-state index >= 15 is 0 Å². The molecule has 1 aromatic carbocycles. The van der Waals surface area contributed by atoms with Crippen LogP contribution in [0, 0.1) is 5.92 Å². The van der Waals surface area contributed by atoms with Gasteiger partial charge in [0.05, 0.1) is 31.7 Å². The SMILES string of the molecule is CC(=O)S[C@H](C(=O)NC(C)(C)C(=O)N[C@@H](COCc1ccccc1)C(=O)OCC(=O)N1CCOCC1)C(C)C. The number of carbonyl (C=O) groups is 5. The van der Waals surface area contributed by atoms with Crippen LogP contribution in [0.15, 0.2) is 30.3 Å². The first-order valence-corrected chi connectivity index (χ1v) is 13.7. The summed E-state index contributed by atoms with van der Waals surface area (Å²) < 4.78 is 16.1. The van der Waals surface area contributed by atoms with Crippen molar-refractivity contribution in [1.82, 2.24) is 15.5 Å². The fourth-order valence-corrected chi connectivity index (χ4v) is 4.42. The molecule has 0 bridgehead atoms. The molecule has 0 saturated carbocycles. The van der Waals surface area contributed by atoms with Gasteiger partial charge in [-0.05, 0) is 25.3 Å². The Bertz CT molecular complexity index is 996. The van der Waals surface area contributed by atoms with Crippen LogP contribution in [0.4, 0.5) is 0 Å². The fourth-order valence-electron chi connectivity index (χ4n) is 3.62. The highest BCUT2D eigenvalue weighted by atomic mass is 32.2. The van der Waals surface area contributed by atoms with Crippen LogP contribution in [0.3, 0.4) is 0 Å². The summed E-state index contributed by atoms with van der Waals surface area (Å²) in [5, 5.41) is 4.37. The summed E-state index contributed by atoms with van der Waals surface area (Å²) in [7, 11) is 0. The average molecular weight is 566 g/mol. The zero-order valence-corrected chi connectivity index (χ0v) is 24.0. The van der Waals surface area contributed by atoms with Gasteiger partial charge in [0, 0.05) is 20.0 Å². The molecule has 1 fully saturated rings. The van der Waals surface area contributed by atoms with E-state index in [1.165, 1.54) is 20.8 Å². The van der Waals surface area contributed by atoms with E-state index in [1.807, 2.05) is 44.2 Å². The van der Waals surface area contributed by atoms with E-state index in [0.29, 0.717) is 26.3 Å². The van der Waals surface area contributed by atoms with Gasteiger partial charge in [-0.2, -0.15) is 0 Å². The number of rotatable bonds is 13. The summed E-state index contributed by atoms with van der Waals surface area (Å²) in [4.78, 5) is 64.6. The van der Waals surface area contributed by atoms with Gasteiger partial charge in [0.1, 0.15) is 5.54 Å². The zero-order valence-electron chi connectivity index (χ0n) is 23.2. The molecule has 0 aliphatic carbocycles. The van der Waals surface area contributed by atoms with Gasteiger partial charge in [-0.1, -0.05) is 55.9 Å². The third kappa shape index (κ3) is 11.0. The maximum atomic E-state index is 13.2. The smallest absolute Gasteiger partial charge is 0.331 e. The first kappa shape index (κ1) is 32.3. The van der Waals surface area contributed by atoms with Gasteiger partial charge in [-0.15, -0.1) is 0 Å². The van der Waals surface area contributed by atoms with Crippen LogP contribution >= 0.6 is 11.8 Å². The Hall–Kier alpha value is -2.96. The summed E-state index contributed by atoms with van der Waals surface area (Å²) >= 11 is 0.896. The van der Waals surface area contributed by atoms with Gasteiger partial charge in [-0.25, -0.2) is 4.79 Å². The van der Waals surface area contributed by atoms with Crippen LogP contribution in [0.1, 0.15) is 40.2 Å². The van der Waals surface area contributed by atoms with Crippen molar-refractivity contribution in [2.45, 2.75) is 58.1 Å². The Balaban J connectivity index is 2.06. The molecule has 1 heterocycles. The summed E-state index contributed by atoms with van der Waals surface area (Å²) in [6, 6.07) is 8.05. The lowest BCUT2D eigenvalue weighted by molar-refractivity contribution is -0.157. The molecule has 3 amide bonds. The first-order chi connectivity index (χ1) is 18.4. The van der Waals surface area contributed by atoms with E-state index in [-0.39, 0.29) is 30.2 Å². The molecule has 1 saturated heterocycles. The molecule has 2 N–H and O–H groups in total. The third-order valence-electron chi connectivity index (χ3n) is 5.85. The van der Waals surface area contributed by atoms with Gasteiger partial charge in [-0.3, -0.25) is 19.2 Å². The minimum absolute atomic E-state index is 0.157. The third-order valence-corrected chi connectivity index (χ3v) is 7.19. The van der Waals surface area contributed by atoms with Crippen molar-refractivity contribution < 1.29 is 38.2 Å². The normalized spacial score (nSPS) is 15.3. The number of nitrogens with one attached hydrogen (secondary N) is 2. The number of morpholine rings is 1. The van der Waals surface area contributed by atoms with Crippen LogP contribution in [-0.2, 0) is 44.8 Å². The first-order valence-electron chi connectivity index (χ1n) is 12.8. The molecule has 11 nitrogen and oxygen atoms in total. The lowest BCUT2D eigenvalue weighted by atomic mass is 10.0. The maximum Gasteiger partial charge on any atom is 0.331 e. The maximum absolute atomic E-state index is 13.2. The van der Waals surface area contributed by atoms with Crippen molar-refractivity contribution in [1.29, 1.82) is 0 Å². The highest BCUT2D eigenvalue weighted by Gasteiger charge is 2.36. The monoisotopic (exact) mass is 565 g/mol. The molecule has 1 aliphatic rings. The second-order valence-electron chi connectivity index (χ2n) is 10.0. The van der Waals surface area contributed by atoms with Gasteiger partial charge < -0.3 is 29.7 Å². The van der Waals surface area contributed by atoms with Crippen LogP contribution < -0.4 is 10.6 Å². The molecule has 2 rings (SSSR count). The van der Waals surface area contributed by atoms with Crippen molar-refractivity contribution in [3.63, 3.8) is 0 Å². The molecule has 0 unspecified atom stereocenters. The van der Waals surface area contributed by atoms with Crippen molar-refractivity contribution in [2.75, 3.05) is 39.5 Å². The molecule has 0 aromatic heterocycles. The van der Waals surface area contributed by atoms with Crippen molar-refractivity contribution in [2.24, 2.45) is 5.92 Å². The van der Waals surface area contributed by atoms with E-state index in [0.717, 1.165) is 17.3 Å². The molecular formula is C27H39N3O8S. The molecule has 0 spiro atoms. The lowest BCUT2D eigenvalue weighted by Crippen LogP contribution is -2.60. The molecule has 2 atom stereocenters. The summed E-state index contributed by atoms with van der Waals surface area (Å²) in [6.07, 6.45) is 0. The van der Waals surface area contributed by atoms with Gasteiger partial charge in [0.25, 0.3) is 5.91 Å². The van der Waals surface area contributed by atoms with Gasteiger partial charge >= 0.3 is 5.97 Å². The minimum atomic E-state index is -1.43. The Kier molecular flexibility index (Phi) is 12.9. The quantitative estimate of drug-likeness (QED) is 0.339. The number of thioether (sulfide) groups is 1. The second-order valence-corrected chi connectivity index (χ2v) is 11.3. The average Bonchev–Trinajstić information content (AvgIpc) is 2.90. The number of ether oxygens (including phenoxy) is 3. The predicted octanol–water partition coefficient (Wildman–Crippen LogP) is 1.29. The summed E-state index contributed by atoms with van der Waals surface area (Å²) in [5.74, 6) is -2.49. The number of esters is 1. The van der Waals surface area contributed by atoms with E-state index in [2.05, 4.69) is 10.6 Å². The Morgan fingerprint density at radius 1 is 1.08 bits per heavy atom. The van der Waals surface area contributed by atoms with E-state index in [1.54, 1.807) is 4.90 Å². The Labute approximate surface area is 233 Å². The number of amides is 3. The number of hydrogen-bond acceptors (Lipinski definition) is 9.